The van der Waals surface area contributed by atoms with E-state index in [1.54, 1.807) is 0 Å². The van der Waals surface area contributed by atoms with E-state index in [0.29, 0.717) is 13.1 Å². The smallest absolute Gasteiger partial charge is 0.119 e. The Morgan fingerprint density at radius 1 is 1.38 bits per heavy atom. The number of nitrogens with zero attached hydrogens (tertiary/aromatic N) is 2. The summed E-state index contributed by atoms with van der Waals surface area (Å²) in [6.45, 7) is 5.51. The molecule has 1 aromatic carbocycles. The van der Waals surface area contributed by atoms with E-state index < -0.39 is 6.10 Å². The summed E-state index contributed by atoms with van der Waals surface area (Å²) >= 11 is 0. The van der Waals surface area contributed by atoms with Gasteiger partial charge in [0.05, 0.1) is 6.20 Å². The van der Waals surface area contributed by atoms with Crippen molar-refractivity contribution in [3.63, 3.8) is 0 Å². The van der Waals surface area contributed by atoms with Crippen LogP contribution in [-0.4, -0.2) is 34.1 Å². The minimum atomic E-state index is -0.539. The van der Waals surface area contributed by atoms with Gasteiger partial charge < -0.3 is 15.2 Å². The van der Waals surface area contributed by atoms with E-state index >= 15 is 0 Å². The molecule has 5 nitrogen and oxygen atoms in total. The van der Waals surface area contributed by atoms with Crippen molar-refractivity contribution in [3.05, 3.63) is 47.3 Å². The van der Waals surface area contributed by atoms with Crippen molar-refractivity contribution < 1.29 is 9.84 Å². The van der Waals surface area contributed by atoms with Crippen LogP contribution >= 0.6 is 0 Å². The van der Waals surface area contributed by atoms with Crippen LogP contribution in [0.3, 0.4) is 0 Å². The van der Waals surface area contributed by atoms with E-state index in [9.17, 15) is 5.11 Å². The fourth-order valence-electron chi connectivity index (χ4n) is 2.05. The third-order valence-corrected chi connectivity index (χ3v) is 3.46. The molecule has 1 atom stereocenters. The van der Waals surface area contributed by atoms with Gasteiger partial charge in [0.25, 0.3) is 0 Å². The maximum atomic E-state index is 9.92. The molecule has 0 radical (unpaired) electrons. The molecule has 0 aliphatic rings. The Balaban J connectivity index is 1.70. The van der Waals surface area contributed by atoms with Crippen LogP contribution in [0.1, 0.15) is 16.8 Å². The molecule has 0 amide bonds. The number of rotatable bonds is 7. The number of hydrogen-bond acceptors (Lipinski definition) is 4. The van der Waals surface area contributed by atoms with Gasteiger partial charge in [-0.1, -0.05) is 12.1 Å². The van der Waals surface area contributed by atoms with Gasteiger partial charge in [-0.3, -0.25) is 4.68 Å². The molecule has 0 aliphatic carbocycles. The molecule has 0 saturated carbocycles. The highest BCUT2D eigenvalue weighted by Crippen LogP contribution is 2.12. The molecule has 5 heteroatoms. The zero-order valence-corrected chi connectivity index (χ0v) is 12.8. The van der Waals surface area contributed by atoms with Crippen molar-refractivity contribution >= 4 is 0 Å². The average molecular weight is 289 g/mol. The zero-order valence-electron chi connectivity index (χ0n) is 12.8. The van der Waals surface area contributed by atoms with Crippen LogP contribution in [0.4, 0.5) is 0 Å². The van der Waals surface area contributed by atoms with Gasteiger partial charge in [0.1, 0.15) is 18.5 Å². The molecule has 0 aliphatic heterocycles. The highest BCUT2D eigenvalue weighted by Gasteiger charge is 2.07. The van der Waals surface area contributed by atoms with Crippen LogP contribution in [0.15, 0.2) is 30.5 Å². The van der Waals surface area contributed by atoms with Crippen molar-refractivity contribution in [1.29, 1.82) is 0 Å². The van der Waals surface area contributed by atoms with E-state index in [1.807, 2.05) is 56.0 Å². The molecule has 0 saturated heterocycles. The number of benzene rings is 1. The Labute approximate surface area is 125 Å². The number of hydrogen-bond donors (Lipinski definition) is 2. The van der Waals surface area contributed by atoms with Crippen molar-refractivity contribution in [2.75, 3.05) is 13.2 Å². The topological polar surface area (TPSA) is 59.3 Å². The zero-order chi connectivity index (χ0) is 15.2. The normalized spacial score (nSPS) is 12.4. The molecular weight excluding hydrogens is 266 g/mol. The van der Waals surface area contributed by atoms with Gasteiger partial charge in [0, 0.05) is 31.4 Å². The number of aliphatic hydroxyl groups is 1. The van der Waals surface area contributed by atoms with Gasteiger partial charge >= 0.3 is 0 Å². The van der Waals surface area contributed by atoms with E-state index in [-0.39, 0.29) is 6.61 Å². The second-order valence-corrected chi connectivity index (χ2v) is 5.29. The first-order valence-corrected chi connectivity index (χ1v) is 7.12. The Bertz CT molecular complexity index is 581. The number of aryl methyl sites for hydroxylation is 2. The lowest BCUT2D eigenvalue weighted by Gasteiger charge is -2.13. The first kappa shape index (κ1) is 15.5. The lowest BCUT2D eigenvalue weighted by atomic mass is 10.2. The first-order chi connectivity index (χ1) is 10.1. The second-order valence-electron chi connectivity index (χ2n) is 5.29. The summed E-state index contributed by atoms with van der Waals surface area (Å²) in [5, 5.41) is 17.3. The average Bonchev–Trinajstić information content (AvgIpc) is 2.77. The predicted octanol–water partition coefficient (Wildman–Crippen LogP) is 1.57. The lowest BCUT2D eigenvalue weighted by molar-refractivity contribution is 0.106. The second kappa shape index (κ2) is 7.24. The SMILES string of the molecule is Cc1cccc(OCC(O)CNCc2cnn(C)c2C)c1. The Hall–Kier alpha value is -1.85. The summed E-state index contributed by atoms with van der Waals surface area (Å²) in [6, 6.07) is 7.81. The van der Waals surface area contributed by atoms with Crippen LogP contribution in [-0.2, 0) is 13.6 Å². The lowest BCUT2D eigenvalue weighted by Crippen LogP contribution is -2.31. The largest absolute Gasteiger partial charge is 0.491 e. The molecule has 2 aromatic rings. The third-order valence-electron chi connectivity index (χ3n) is 3.46. The molecule has 1 unspecified atom stereocenters. The van der Waals surface area contributed by atoms with Crippen molar-refractivity contribution in [2.24, 2.45) is 7.05 Å². The fourth-order valence-corrected chi connectivity index (χ4v) is 2.05. The van der Waals surface area contributed by atoms with Gasteiger partial charge in [-0.25, -0.2) is 0 Å². The summed E-state index contributed by atoms with van der Waals surface area (Å²) in [7, 11) is 1.92. The fraction of sp³-hybridized carbons (Fsp3) is 0.438. The van der Waals surface area contributed by atoms with Crippen LogP contribution < -0.4 is 10.1 Å². The Morgan fingerprint density at radius 2 is 2.19 bits per heavy atom. The minimum absolute atomic E-state index is 0.280. The minimum Gasteiger partial charge on any atom is -0.491 e. The first-order valence-electron chi connectivity index (χ1n) is 7.12. The number of aromatic nitrogens is 2. The quantitative estimate of drug-likeness (QED) is 0.812. The third kappa shape index (κ3) is 4.58. The van der Waals surface area contributed by atoms with E-state index in [1.165, 1.54) is 0 Å². The number of nitrogens with one attached hydrogen (secondary N) is 1. The molecule has 0 fully saturated rings. The maximum Gasteiger partial charge on any atom is 0.119 e. The van der Waals surface area contributed by atoms with Crippen LogP contribution in [0.2, 0.25) is 0 Å². The van der Waals surface area contributed by atoms with Crippen LogP contribution in [0.25, 0.3) is 0 Å². The molecular formula is C16H23N3O2. The molecule has 0 bridgehead atoms. The monoisotopic (exact) mass is 289 g/mol. The van der Waals surface area contributed by atoms with Gasteiger partial charge in [-0.05, 0) is 31.5 Å². The number of ether oxygens (including phenoxy) is 1. The Kier molecular flexibility index (Phi) is 5.36. The summed E-state index contributed by atoms with van der Waals surface area (Å²) in [5.41, 5.74) is 3.42. The van der Waals surface area contributed by atoms with Gasteiger partial charge in [-0.2, -0.15) is 5.10 Å². The summed E-state index contributed by atoms with van der Waals surface area (Å²) in [6.07, 6.45) is 1.31. The maximum absolute atomic E-state index is 9.92. The molecule has 114 valence electrons. The van der Waals surface area contributed by atoms with E-state index in [4.69, 9.17) is 4.74 Å². The highest BCUT2D eigenvalue weighted by molar-refractivity contribution is 5.27. The van der Waals surface area contributed by atoms with Crippen molar-refractivity contribution in [2.45, 2.75) is 26.5 Å². The molecule has 0 spiro atoms. The van der Waals surface area contributed by atoms with Crippen molar-refractivity contribution in [1.82, 2.24) is 15.1 Å². The molecule has 1 aromatic heterocycles. The van der Waals surface area contributed by atoms with Crippen molar-refractivity contribution in [3.8, 4) is 5.75 Å². The summed E-state index contributed by atoms with van der Waals surface area (Å²) in [5.74, 6) is 0.789. The van der Waals surface area contributed by atoms with Crippen LogP contribution in [0, 0.1) is 13.8 Å². The standard InChI is InChI=1S/C16H23N3O2/c1-12-5-4-6-16(7-12)21-11-15(20)10-17-8-14-9-18-19(3)13(14)2/h4-7,9,15,17,20H,8,10-11H2,1-3H3. The molecule has 1 heterocycles. The predicted molar refractivity (Wildman–Crippen MR) is 82.3 cm³/mol. The van der Waals surface area contributed by atoms with Gasteiger partial charge in [0.15, 0.2) is 0 Å². The van der Waals surface area contributed by atoms with E-state index in [2.05, 4.69) is 10.4 Å². The summed E-state index contributed by atoms with van der Waals surface area (Å²) < 4.78 is 7.41. The number of aliphatic hydroxyl groups excluding tert-OH is 1. The Morgan fingerprint density at radius 3 is 2.86 bits per heavy atom. The molecule has 21 heavy (non-hydrogen) atoms. The highest BCUT2D eigenvalue weighted by atomic mass is 16.5. The van der Waals surface area contributed by atoms with E-state index in [0.717, 1.165) is 22.6 Å². The molecule has 2 N–H and O–H groups in total. The van der Waals surface area contributed by atoms with Crippen LogP contribution in [0.5, 0.6) is 5.75 Å². The van der Waals surface area contributed by atoms with Gasteiger partial charge in [0.2, 0.25) is 0 Å². The summed E-state index contributed by atoms with van der Waals surface area (Å²) in [4.78, 5) is 0. The van der Waals surface area contributed by atoms with Gasteiger partial charge in [-0.15, -0.1) is 0 Å². The molecule has 2 rings (SSSR count).